The first-order valence-corrected chi connectivity index (χ1v) is 8.91. The molecule has 0 radical (unpaired) electrons. The third-order valence-corrected chi connectivity index (χ3v) is 4.89. The second kappa shape index (κ2) is 7.50. The summed E-state index contributed by atoms with van der Waals surface area (Å²) in [6, 6.07) is 8.49. The molecule has 0 heterocycles. The first-order chi connectivity index (χ1) is 10.4. The molecule has 1 aromatic rings. The summed E-state index contributed by atoms with van der Waals surface area (Å²) in [5, 5.41) is 0. The van der Waals surface area contributed by atoms with E-state index < -0.39 is 0 Å². The van der Waals surface area contributed by atoms with E-state index in [2.05, 4.69) is 45.0 Å². The van der Waals surface area contributed by atoms with Gasteiger partial charge in [0.2, 0.25) is 0 Å². The van der Waals surface area contributed by atoms with Crippen LogP contribution in [-0.2, 0) is 5.41 Å². The van der Waals surface area contributed by atoms with Crippen LogP contribution in [0, 0.1) is 0 Å². The van der Waals surface area contributed by atoms with Gasteiger partial charge in [0.05, 0.1) is 6.61 Å². The number of hydrogen-bond acceptors (Lipinski definition) is 2. The summed E-state index contributed by atoms with van der Waals surface area (Å²) >= 11 is 0. The summed E-state index contributed by atoms with van der Waals surface area (Å²) in [5.74, 6) is 0.993. The standard InChI is InChI=1S/C20H33NO/c1-19(2,3)17-10-9-11-18(16-17)22-15-8-7-14-20(21)12-5-4-6-13-20/h9-11,16H,4-8,12-15,21H2,1-3H3. The number of ether oxygens (including phenoxy) is 1. The predicted octanol–water partition coefficient (Wildman–Crippen LogP) is 5.19. The van der Waals surface area contributed by atoms with Crippen LogP contribution in [-0.4, -0.2) is 12.1 Å². The highest BCUT2D eigenvalue weighted by molar-refractivity contribution is 5.32. The van der Waals surface area contributed by atoms with Crippen LogP contribution >= 0.6 is 0 Å². The van der Waals surface area contributed by atoms with Crippen molar-refractivity contribution in [1.29, 1.82) is 0 Å². The van der Waals surface area contributed by atoms with E-state index in [1.807, 2.05) is 0 Å². The number of benzene rings is 1. The number of hydrogen-bond donors (Lipinski definition) is 1. The molecule has 124 valence electrons. The third-order valence-electron chi connectivity index (χ3n) is 4.89. The first kappa shape index (κ1) is 17.3. The maximum absolute atomic E-state index is 6.48. The van der Waals surface area contributed by atoms with Gasteiger partial charge in [-0.3, -0.25) is 0 Å². The topological polar surface area (TPSA) is 35.2 Å². The average molecular weight is 303 g/mol. The lowest BCUT2D eigenvalue weighted by atomic mass is 9.79. The molecular formula is C20H33NO. The molecule has 1 aliphatic rings. The third kappa shape index (κ3) is 5.31. The van der Waals surface area contributed by atoms with E-state index in [0.717, 1.165) is 25.2 Å². The Bertz CT molecular complexity index is 455. The molecule has 0 saturated heterocycles. The van der Waals surface area contributed by atoms with Crippen molar-refractivity contribution in [3.05, 3.63) is 29.8 Å². The van der Waals surface area contributed by atoms with Crippen LogP contribution in [0.2, 0.25) is 0 Å². The largest absolute Gasteiger partial charge is 0.494 e. The van der Waals surface area contributed by atoms with Crippen LogP contribution in [0.4, 0.5) is 0 Å². The zero-order valence-corrected chi connectivity index (χ0v) is 14.7. The fourth-order valence-electron chi connectivity index (χ4n) is 3.33. The molecule has 0 unspecified atom stereocenters. The minimum Gasteiger partial charge on any atom is -0.494 e. The maximum atomic E-state index is 6.48. The van der Waals surface area contributed by atoms with Crippen molar-refractivity contribution in [3.63, 3.8) is 0 Å². The molecule has 1 aliphatic carbocycles. The van der Waals surface area contributed by atoms with E-state index in [1.165, 1.54) is 44.1 Å². The molecule has 1 saturated carbocycles. The minimum atomic E-state index is 0.115. The Kier molecular flexibility index (Phi) is 5.91. The number of rotatable bonds is 6. The van der Waals surface area contributed by atoms with Gasteiger partial charge < -0.3 is 10.5 Å². The van der Waals surface area contributed by atoms with E-state index in [0.29, 0.717) is 0 Å². The van der Waals surface area contributed by atoms with E-state index in [4.69, 9.17) is 10.5 Å². The molecule has 0 amide bonds. The van der Waals surface area contributed by atoms with Gasteiger partial charge in [0.25, 0.3) is 0 Å². The smallest absolute Gasteiger partial charge is 0.119 e. The molecule has 0 aliphatic heterocycles. The van der Waals surface area contributed by atoms with Crippen molar-refractivity contribution in [3.8, 4) is 5.75 Å². The lowest BCUT2D eigenvalue weighted by Gasteiger charge is -2.33. The van der Waals surface area contributed by atoms with E-state index in [-0.39, 0.29) is 11.0 Å². The van der Waals surface area contributed by atoms with E-state index in [1.54, 1.807) is 0 Å². The van der Waals surface area contributed by atoms with Crippen LogP contribution in [0.3, 0.4) is 0 Å². The van der Waals surface area contributed by atoms with Crippen molar-refractivity contribution >= 4 is 0 Å². The Morgan fingerprint density at radius 2 is 1.82 bits per heavy atom. The zero-order chi connectivity index (χ0) is 16.1. The lowest BCUT2D eigenvalue weighted by molar-refractivity contribution is 0.253. The summed E-state index contributed by atoms with van der Waals surface area (Å²) in [4.78, 5) is 0. The van der Waals surface area contributed by atoms with Crippen molar-refractivity contribution in [2.75, 3.05) is 6.61 Å². The van der Waals surface area contributed by atoms with Gasteiger partial charge in [-0.05, 0) is 55.2 Å². The number of unbranched alkanes of at least 4 members (excludes halogenated alkanes) is 1. The van der Waals surface area contributed by atoms with Crippen molar-refractivity contribution < 1.29 is 4.74 Å². The summed E-state index contributed by atoms with van der Waals surface area (Å²) < 4.78 is 5.92. The van der Waals surface area contributed by atoms with Gasteiger partial charge in [-0.15, -0.1) is 0 Å². The molecule has 0 bridgehead atoms. The van der Waals surface area contributed by atoms with Crippen LogP contribution in [0.25, 0.3) is 0 Å². The van der Waals surface area contributed by atoms with Gasteiger partial charge in [0, 0.05) is 5.54 Å². The molecule has 2 heteroatoms. The van der Waals surface area contributed by atoms with Crippen molar-refractivity contribution in [1.82, 2.24) is 0 Å². The summed E-state index contributed by atoms with van der Waals surface area (Å²) in [5.41, 5.74) is 8.09. The number of nitrogens with two attached hydrogens (primary N) is 1. The summed E-state index contributed by atoms with van der Waals surface area (Å²) in [6.07, 6.45) is 9.83. The van der Waals surface area contributed by atoms with Gasteiger partial charge in [0.1, 0.15) is 5.75 Å². The Morgan fingerprint density at radius 1 is 1.09 bits per heavy atom. The quantitative estimate of drug-likeness (QED) is 0.733. The monoisotopic (exact) mass is 303 g/mol. The molecule has 1 aromatic carbocycles. The van der Waals surface area contributed by atoms with Gasteiger partial charge in [-0.1, -0.05) is 52.2 Å². The van der Waals surface area contributed by atoms with Crippen LogP contribution < -0.4 is 10.5 Å². The van der Waals surface area contributed by atoms with Crippen molar-refractivity contribution in [2.24, 2.45) is 5.73 Å². The van der Waals surface area contributed by atoms with E-state index in [9.17, 15) is 0 Å². The van der Waals surface area contributed by atoms with Crippen molar-refractivity contribution in [2.45, 2.75) is 83.1 Å². The van der Waals surface area contributed by atoms with Gasteiger partial charge in [-0.2, -0.15) is 0 Å². The maximum Gasteiger partial charge on any atom is 0.119 e. The Labute approximate surface area is 136 Å². The van der Waals surface area contributed by atoms with Crippen LogP contribution in [0.1, 0.15) is 77.7 Å². The van der Waals surface area contributed by atoms with Crippen LogP contribution in [0.15, 0.2) is 24.3 Å². The molecule has 0 atom stereocenters. The molecule has 2 N–H and O–H groups in total. The van der Waals surface area contributed by atoms with Crippen LogP contribution in [0.5, 0.6) is 5.75 Å². The van der Waals surface area contributed by atoms with Gasteiger partial charge in [-0.25, -0.2) is 0 Å². The van der Waals surface area contributed by atoms with Gasteiger partial charge >= 0.3 is 0 Å². The fourth-order valence-corrected chi connectivity index (χ4v) is 3.33. The normalized spacial score (nSPS) is 18.2. The highest BCUT2D eigenvalue weighted by atomic mass is 16.5. The average Bonchev–Trinajstić information content (AvgIpc) is 2.47. The SMILES string of the molecule is CC(C)(C)c1cccc(OCCCCC2(N)CCCCC2)c1. The molecule has 22 heavy (non-hydrogen) atoms. The molecular weight excluding hydrogens is 270 g/mol. The minimum absolute atomic E-state index is 0.115. The lowest BCUT2D eigenvalue weighted by Crippen LogP contribution is -2.41. The molecule has 1 fully saturated rings. The predicted molar refractivity (Wildman–Crippen MR) is 94.5 cm³/mol. The fraction of sp³-hybridized carbons (Fsp3) is 0.700. The molecule has 2 rings (SSSR count). The highest BCUT2D eigenvalue weighted by Crippen LogP contribution is 2.30. The summed E-state index contributed by atoms with van der Waals surface area (Å²) in [6.45, 7) is 7.49. The first-order valence-electron chi connectivity index (χ1n) is 8.91. The molecule has 2 nitrogen and oxygen atoms in total. The highest BCUT2D eigenvalue weighted by Gasteiger charge is 2.26. The molecule has 0 aromatic heterocycles. The Balaban J connectivity index is 1.70. The van der Waals surface area contributed by atoms with Gasteiger partial charge in [0.15, 0.2) is 0 Å². The summed E-state index contributed by atoms with van der Waals surface area (Å²) in [7, 11) is 0. The second-order valence-electron chi connectivity index (χ2n) is 8.01. The van der Waals surface area contributed by atoms with E-state index >= 15 is 0 Å². The molecule has 0 spiro atoms. The zero-order valence-electron chi connectivity index (χ0n) is 14.7. The second-order valence-corrected chi connectivity index (χ2v) is 8.01. The Hall–Kier alpha value is -1.02. The Morgan fingerprint density at radius 3 is 2.50 bits per heavy atom.